The van der Waals surface area contributed by atoms with Crippen molar-refractivity contribution in [2.24, 2.45) is 5.73 Å². The summed E-state index contributed by atoms with van der Waals surface area (Å²) >= 11 is 0. The molecule has 0 aliphatic carbocycles. The number of hydrogen-bond acceptors (Lipinski definition) is 4. The number of nitrogens with zero attached hydrogens (tertiary/aromatic N) is 1. The van der Waals surface area contributed by atoms with Crippen molar-refractivity contribution < 1.29 is 9.47 Å². The monoisotopic (exact) mass is 190 g/mol. The third-order valence-corrected chi connectivity index (χ3v) is 2.27. The average molecular weight is 190 g/mol. The zero-order valence-corrected chi connectivity index (χ0v) is 7.78. The minimum Gasteiger partial charge on any atom is -0.495 e. The Hall–Kier alpha value is -1.73. The first kappa shape index (κ1) is 8.85. The highest BCUT2D eigenvalue weighted by atomic mass is 16.5. The zero-order valence-electron chi connectivity index (χ0n) is 7.78. The number of nitriles is 1. The van der Waals surface area contributed by atoms with Crippen LogP contribution in [0, 0.1) is 11.3 Å². The summed E-state index contributed by atoms with van der Waals surface area (Å²) in [6.07, 6.45) is 0. The van der Waals surface area contributed by atoms with E-state index in [1.54, 1.807) is 12.1 Å². The maximum absolute atomic E-state index is 8.83. The van der Waals surface area contributed by atoms with Crippen LogP contribution in [0.15, 0.2) is 12.1 Å². The number of ether oxygens (including phenoxy) is 2. The molecule has 0 saturated heterocycles. The molecule has 72 valence electrons. The van der Waals surface area contributed by atoms with Crippen molar-refractivity contribution in [3.63, 3.8) is 0 Å². The molecule has 0 unspecified atom stereocenters. The van der Waals surface area contributed by atoms with Gasteiger partial charge in [-0.2, -0.15) is 5.26 Å². The molecular weight excluding hydrogens is 180 g/mol. The summed E-state index contributed by atoms with van der Waals surface area (Å²) in [6, 6.07) is 5.36. The summed E-state index contributed by atoms with van der Waals surface area (Å²) in [5, 5.41) is 8.83. The fourth-order valence-electron chi connectivity index (χ4n) is 1.52. The van der Waals surface area contributed by atoms with Crippen molar-refractivity contribution in [1.82, 2.24) is 0 Å². The minimum absolute atomic E-state index is 0.119. The Morgan fingerprint density at radius 1 is 1.64 bits per heavy atom. The van der Waals surface area contributed by atoms with Crippen LogP contribution in [0.2, 0.25) is 0 Å². The second kappa shape index (κ2) is 3.20. The molecule has 0 bridgehead atoms. The second-order valence-corrected chi connectivity index (χ2v) is 3.12. The molecule has 1 aromatic carbocycles. The lowest BCUT2D eigenvalue weighted by atomic mass is 10.1. The lowest BCUT2D eigenvalue weighted by molar-refractivity contribution is 0.333. The largest absolute Gasteiger partial charge is 0.495 e. The summed E-state index contributed by atoms with van der Waals surface area (Å²) in [5.41, 5.74) is 7.17. The van der Waals surface area contributed by atoms with Gasteiger partial charge in [0, 0.05) is 11.6 Å². The van der Waals surface area contributed by atoms with Gasteiger partial charge in [0.2, 0.25) is 0 Å². The van der Waals surface area contributed by atoms with E-state index in [-0.39, 0.29) is 6.04 Å². The molecule has 4 heteroatoms. The van der Waals surface area contributed by atoms with Crippen molar-refractivity contribution >= 4 is 0 Å². The van der Waals surface area contributed by atoms with E-state index in [2.05, 4.69) is 0 Å². The van der Waals surface area contributed by atoms with E-state index in [1.807, 2.05) is 6.07 Å². The molecule has 1 aliphatic heterocycles. The van der Waals surface area contributed by atoms with Gasteiger partial charge in [-0.3, -0.25) is 0 Å². The van der Waals surface area contributed by atoms with Crippen LogP contribution < -0.4 is 15.2 Å². The lowest BCUT2D eigenvalue weighted by Gasteiger charge is -2.06. The maximum Gasteiger partial charge on any atom is 0.137 e. The quantitative estimate of drug-likeness (QED) is 0.716. The van der Waals surface area contributed by atoms with Crippen molar-refractivity contribution in [3.8, 4) is 17.6 Å². The van der Waals surface area contributed by atoms with Crippen molar-refractivity contribution in [3.05, 3.63) is 23.3 Å². The molecule has 2 N–H and O–H groups in total. The SMILES string of the molecule is COc1cc2c(cc1C#N)OC[C@H]2N. The highest BCUT2D eigenvalue weighted by Crippen LogP contribution is 2.36. The number of nitrogens with two attached hydrogens (primary N) is 1. The third-order valence-electron chi connectivity index (χ3n) is 2.27. The first-order valence-corrected chi connectivity index (χ1v) is 4.26. The summed E-state index contributed by atoms with van der Waals surface area (Å²) in [6.45, 7) is 0.466. The van der Waals surface area contributed by atoms with Gasteiger partial charge in [-0.1, -0.05) is 0 Å². The molecule has 0 amide bonds. The van der Waals surface area contributed by atoms with Gasteiger partial charge in [0.15, 0.2) is 0 Å². The molecule has 0 spiro atoms. The van der Waals surface area contributed by atoms with Crippen molar-refractivity contribution in [2.45, 2.75) is 6.04 Å². The van der Waals surface area contributed by atoms with Crippen LogP contribution in [0.1, 0.15) is 17.2 Å². The summed E-state index contributed by atoms with van der Waals surface area (Å²) < 4.78 is 10.4. The van der Waals surface area contributed by atoms with E-state index in [9.17, 15) is 0 Å². The van der Waals surface area contributed by atoms with Gasteiger partial charge in [0.25, 0.3) is 0 Å². The highest BCUT2D eigenvalue weighted by molar-refractivity contribution is 5.54. The maximum atomic E-state index is 8.83. The van der Waals surface area contributed by atoms with E-state index in [0.29, 0.717) is 23.7 Å². The average Bonchev–Trinajstić information content (AvgIpc) is 2.58. The van der Waals surface area contributed by atoms with E-state index in [4.69, 9.17) is 20.5 Å². The molecule has 0 saturated carbocycles. The predicted molar refractivity (Wildman–Crippen MR) is 50.1 cm³/mol. The topological polar surface area (TPSA) is 68.3 Å². The van der Waals surface area contributed by atoms with Gasteiger partial charge in [-0.25, -0.2) is 0 Å². The Kier molecular flexibility index (Phi) is 2.02. The molecule has 2 rings (SSSR count). The highest BCUT2D eigenvalue weighted by Gasteiger charge is 2.23. The molecule has 0 aromatic heterocycles. The molecule has 0 fully saturated rings. The van der Waals surface area contributed by atoms with Crippen LogP contribution in [-0.2, 0) is 0 Å². The summed E-state index contributed by atoms with van der Waals surface area (Å²) in [4.78, 5) is 0. The predicted octanol–water partition coefficient (Wildman–Crippen LogP) is 0.959. The minimum atomic E-state index is -0.119. The van der Waals surface area contributed by atoms with Gasteiger partial charge in [0.1, 0.15) is 24.2 Å². The number of hydrogen-bond donors (Lipinski definition) is 1. The molecular formula is C10H10N2O2. The van der Waals surface area contributed by atoms with Gasteiger partial charge in [-0.05, 0) is 6.07 Å². The molecule has 14 heavy (non-hydrogen) atoms. The number of rotatable bonds is 1. The van der Waals surface area contributed by atoms with Gasteiger partial charge < -0.3 is 15.2 Å². The van der Waals surface area contributed by atoms with Crippen LogP contribution in [0.25, 0.3) is 0 Å². The molecule has 1 heterocycles. The van der Waals surface area contributed by atoms with Gasteiger partial charge >= 0.3 is 0 Å². The number of fused-ring (bicyclic) bond motifs is 1. The standard InChI is InChI=1S/C10H10N2O2/c1-13-9-3-7-8(12)5-14-10(7)2-6(9)4-11/h2-3,8H,5,12H2,1H3/t8-/m1/s1. The van der Waals surface area contributed by atoms with Crippen molar-refractivity contribution in [2.75, 3.05) is 13.7 Å². The van der Waals surface area contributed by atoms with E-state index >= 15 is 0 Å². The van der Waals surface area contributed by atoms with E-state index in [0.717, 1.165) is 5.56 Å². The molecule has 1 aliphatic rings. The molecule has 1 atom stereocenters. The Bertz CT molecular complexity index is 409. The first-order valence-electron chi connectivity index (χ1n) is 4.26. The number of benzene rings is 1. The van der Waals surface area contributed by atoms with Crippen LogP contribution in [0.5, 0.6) is 11.5 Å². The molecule has 1 aromatic rings. The summed E-state index contributed by atoms with van der Waals surface area (Å²) in [7, 11) is 1.53. The van der Waals surface area contributed by atoms with Crippen LogP contribution >= 0.6 is 0 Å². The Balaban J connectivity index is 2.56. The smallest absolute Gasteiger partial charge is 0.137 e. The zero-order chi connectivity index (χ0) is 10.1. The van der Waals surface area contributed by atoms with E-state index in [1.165, 1.54) is 7.11 Å². The van der Waals surface area contributed by atoms with Gasteiger partial charge in [-0.15, -0.1) is 0 Å². The number of methoxy groups -OCH3 is 1. The fraction of sp³-hybridized carbons (Fsp3) is 0.300. The van der Waals surface area contributed by atoms with Crippen LogP contribution in [0.4, 0.5) is 0 Å². The third kappa shape index (κ3) is 1.19. The Labute approximate surface area is 81.8 Å². The Morgan fingerprint density at radius 3 is 3.07 bits per heavy atom. The molecule has 0 radical (unpaired) electrons. The van der Waals surface area contributed by atoms with Crippen molar-refractivity contribution in [1.29, 1.82) is 5.26 Å². The van der Waals surface area contributed by atoms with Crippen LogP contribution in [-0.4, -0.2) is 13.7 Å². The second-order valence-electron chi connectivity index (χ2n) is 3.12. The van der Waals surface area contributed by atoms with Gasteiger partial charge in [0.05, 0.1) is 18.7 Å². The summed E-state index contributed by atoms with van der Waals surface area (Å²) in [5.74, 6) is 1.24. The first-order chi connectivity index (χ1) is 6.76. The fourth-order valence-corrected chi connectivity index (χ4v) is 1.52. The van der Waals surface area contributed by atoms with Crippen LogP contribution in [0.3, 0.4) is 0 Å². The van der Waals surface area contributed by atoms with E-state index < -0.39 is 0 Å². The lowest BCUT2D eigenvalue weighted by Crippen LogP contribution is -2.10. The normalized spacial score (nSPS) is 18.2. The molecule has 4 nitrogen and oxygen atoms in total. The Morgan fingerprint density at radius 2 is 2.43 bits per heavy atom.